The second kappa shape index (κ2) is 9.15. The van der Waals surface area contributed by atoms with Crippen LogP contribution in [0.2, 0.25) is 0 Å². The fraction of sp³-hybridized carbons (Fsp3) is 1.00. The van der Waals surface area contributed by atoms with Gasteiger partial charge in [0.2, 0.25) is 0 Å². The molecule has 0 aromatic heterocycles. The Balaban J connectivity index is 1.79. The molecule has 1 heterocycles. The van der Waals surface area contributed by atoms with Crippen molar-refractivity contribution in [2.75, 3.05) is 13.2 Å². The third-order valence-electron chi connectivity index (χ3n) is 5.70. The van der Waals surface area contributed by atoms with Crippen LogP contribution < -0.4 is 5.32 Å². The van der Waals surface area contributed by atoms with Crippen LogP contribution in [0.4, 0.5) is 0 Å². The monoisotopic (exact) mass is 295 g/mol. The van der Waals surface area contributed by atoms with Crippen molar-refractivity contribution in [1.82, 2.24) is 5.32 Å². The Hall–Kier alpha value is -0.0800. The van der Waals surface area contributed by atoms with Gasteiger partial charge in [0, 0.05) is 12.6 Å². The molecule has 2 atom stereocenters. The summed E-state index contributed by atoms with van der Waals surface area (Å²) >= 11 is 0. The van der Waals surface area contributed by atoms with Crippen molar-refractivity contribution in [3.63, 3.8) is 0 Å². The SMILES string of the molecule is CCCCCCCC(NCC)C1CCOC2(CCCC2)C1. The summed E-state index contributed by atoms with van der Waals surface area (Å²) in [6.45, 7) is 6.67. The highest BCUT2D eigenvalue weighted by Crippen LogP contribution is 2.43. The Morgan fingerprint density at radius 3 is 2.57 bits per heavy atom. The number of unbranched alkanes of at least 4 members (excludes halogenated alkanes) is 4. The Labute approximate surface area is 132 Å². The maximum absolute atomic E-state index is 6.21. The van der Waals surface area contributed by atoms with Gasteiger partial charge in [-0.15, -0.1) is 0 Å². The van der Waals surface area contributed by atoms with Gasteiger partial charge < -0.3 is 10.1 Å². The zero-order valence-corrected chi connectivity index (χ0v) is 14.5. The largest absolute Gasteiger partial charge is 0.375 e. The molecule has 21 heavy (non-hydrogen) atoms. The lowest BCUT2D eigenvalue weighted by Gasteiger charge is -2.41. The highest BCUT2D eigenvalue weighted by atomic mass is 16.5. The van der Waals surface area contributed by atoms with Crippen LogP contribution in [-0.2, 0) is 4.74 Å². The van der Waals surface area contributed by atoms with Gasteiger partial charge in [-0.05, 0) is 44.6 Å². The van der Waals surface area contributed by atoms with E-state index in [0.29, 0.717) is 0 Å². The number of hydrogen-bond acceptors (Lipinski definition) is 2. The molecule has 124 valence electrons. The van der Waals surface area contributed by atoms with Crippen molar-refractivity contribution < 1.29 is 4.74 Å². The van der Waals surface area contributed by atoms with E-state index < -0.39 is 0 Å². The molecule has 1 aliphatic heterocycles. The van der Waals surface area contributed by atoms with Crippen LogP contribution in [0.3, 0.4) is 0 Å². The van der Waals surface area contributed by atoms with Gasteiger partial charge in [-0.1, -0.05) is 58.8 Å². The average Bonchev–Trinajstić information content (AvgIpc) is 2.94. The summed E-state index contributed by atoms with van der Waals surface area (Å²) in [5.41, 5.74) is 0.277. The highest BCUT2D eigenvalue weighted by Gasteiger charge is 2.41. The standard InChI is InChI=1S/C19H37NO/c1-3-5-6-7-8-11-18(20-4-2)17-12-15-21-19(16-17)13-9-10-14-19/h17-18,20H,3-16H2,1-2H3. The van der Waals surface area contributed by atoms with Crippen molar-refractivity contribution in [3.8, 4) is 0 Å². The molecule has 1 saturated carbocycles. The van der Waals surface area contributed by atoms with Gasteiger partial charge in [-0.25, -0.2) is 0 Å². The summed E-state index contributed by atoms with van der Waals surface area (Å²) in [5.74, 6) is 0.850. The van der Waals surface area contributed by atoms with Gasteiger partial charge in [0.25, 0.3) is 0 Å². The quantitative estimate of drug-likeness (QED) is 0.600. The maximum atomic E-state index is 6.21. The van der Waals surface area contributed by atoms with E-state index in [0.717, 1.165) is 25.1 Å². The Morgan fingerprint density at radius 2 is 1.86 bits per heavy atom. The Bertz CT molecular complexity index is 273. The van der Waals surface area contributed by atoms with Crippen LogP contribution in [0.5, 0.6) is 0 Å². The van der Waals surface area contributed by atoms with E-state index in [1.807, 2.05) is 0 Å². The lowest BCUT2D eigenvalue weighted by atomic mass is 9.79. The molecule has 0 aromatic rings. The third kappa shape index (κ3) is 5.25. The minimum Gasteiger partial charge on any atom is -0.375 e. The zero-order chi connectivity index (χ0) is 15.0. The smallest absolute Gasteiger partial charge is 0.0685 e. The molecule has 1 aliphatic carbocycles. The van der Waals surface area contributed by atoms with Crippen LogP contribution >= 0.6 is 0 Å². The van der Waals surface area contributed by atoms with E-state index in [4.69, 9.17) is 4.74 Å². The number of ether oxygens (including phenoxy) is 1. The van der Waals surface area contributed by atoms with E-state index in [9.17, 15) is 0 Å². The third-order valence-corrected chi connectivity index (χ3v) is 5.70. The number of hydrogen-bond donors (Lipinski definition) is 1. The van der Waals surface area contributed by atoms with Crippen LogP contribution in [0.15, 0.2) is 0 Å². The molecule has 0 bridgehead atoms. The molecule has 2 nitrogen and oxygen atoms in total. The fourth-order valence-corrected chi connectivity index (χ4v) is 4.51. The summed E-state index contributed by atoms with van der Waals surface area (Å²) in [4.78, 5) is 0. The van der Waals surface area contributed by atoms with E-state index in [1.54, 1.807) is 0 Å². The van der Waals surface area contributed by atoms with Crippen molar-refractivity contribution in [2.45, 2.75) is 103 Å². The van der Waals surface area contributed by atoms with Crippen LogP contribution in [0.1, 0.15) is 90.9 Å². The minimum absolute atomic E-state index is 0.277. The molecule has 2 heteroatoms. The summed E-state index contributed by atoms with van der Waals surface area (Å²) in [7, 11) is 0. The first kappa shape index (κ1) is 17.3. The highest BCUT2D eigenvalue weighted by molar-refractivity contribution is 4.94. The molecule has 2 fully saturated rings. The molecule has 2 aliphatic rings. The lowest BCUT2D eigenvalue weighted by molar-refractivity contribution is -0.0982. The Kier molecular flexibility index (Phi) is 7.53. The van der Waals surface area contributed by atoms with Gasteiger partial charge in [-0.3, -0.25) is 0 Å². The molecule has 0 aromatic carbocycles. The number of rotatable bonds is 9. The summed E-state index contributed by atoms with van der Waals surface area (Å²) in [5, 5.41) is 3.79. The molecule has 2 unspecified atom stereocenters. The second-order valence-electron chi connectivity index (χ2n) is 7.36. The summed E-state index contributed by atoms with van der Waals surface area (Å²) in [6, 6.07) is 0.734. The molecule has 0 radical (unpaired) electrons. The van der Waals surface area contributed by atoms with E-state index in [1.165, 1.54) is 77.0 Å². The molecular weight excluding hydrogens is 258 g/mol. The minimum atomic E-state index is 0.277. The molecule has 0 amide bonds. The molecular formula is C19H37NO. The average molecular weight is 296 g/mol. The van der Waals surface area contributed by atoms with Crippen LogP contribution in [-0.4, -0.2) is 24.8 Å². The van der Waals surface area contributed by atoms with Crippen molar-refractivity contribution in [1.29, 1.82) is 0 Å². The lowest BCUT2D eigenvalue weighted by Crippen LogP contribution is -2.45. The molecule has 2 rings (SSSR count). The first-order valence-electron chi connectivity index (χ1n) is 9.67. The first-order chi connectivity index (χ1) is 10.3. The molecule has 1 saturated heterocycles. The van der Waals surface area contributed by atoms with Gasteiger partial charge in [0.1, 0.15) is 0 Å². The first-order valence-corrected chi connectivity index (χ1v) is 9.67. The summed E-state index contributed by atoms with van der Waals surface area (Å²) in [6.07, 6.45) is 16.4. The van der Waals surface area contributed by atoms with E-state index >= 15 is 0 Å². The topological polar surface area (TPSA) is 21.3 Å². The zero-order valence-electron chi connectivity index (χ0n) is 14.5. The fourth-order valence-electron chi connectivity index (χ4n) is 4.51. The van der Waals surface area contributed by atoms with Gasteiger partial charge in [0.05, 0.1) is 5.60 Å². The van der Waals surface area contributed by atoms with Gasteiger partial charge in [-0.2, -0.15) is 0 Å². The van der Waals surface area contributed by atoms with Crippen molar-refractivity contribution in [3.05, 3.63) is 0 Å². The molecule has 1 N–H and O–H groups in total. The maximum Gasteiger partial charge on any atom is 0.0685 e. The molecule has 1 spiro atoms. The predicted molar refractivity (Wildman–Crippen MR) is 90.7 cm³/mol. The van der Waals surface area contributed by atoms with Crippen molar-refractivity contribution >= 4 is 0 Å². The van der Waals surface area contributed by atoms with E-state index in [2.05, 4.69) is 19.2 Å². The Morgan fingerprint density at radius 1 is 1.10 bits per heavy atom. The van der Waals surface area contributed by atoms with Gasteiger partial charge in [0.15, 0.2) is 0 Å². The van der Waals surface area contributed by atoms with E-state index in [-0.39, 0.29) is 5.60 Å². The van der Waals surface area contributed by atoms with Crippen molar-refractivity contribution in [2.24, 2.45) is 5.92 Å². The normalized spacial score (nSPS) is 26.3. The van der Waals surface area contributed by atoms with Crippen LogP contribution in [0.25, 0.3) is 0 Å². The second-order valence-corrected chi connectivity index (χ2v) is 7.36. The predicted octanol–water partition coefficient (Wildman–Crippen LogP) is 5.06. The number of nitrogens with one attached hydrogen (secondary N) is 1. The van der Waals surface area contributed by atoms with Gasteiger partial charge >= 0.3 is 0 Å². The summed E-state index contributed by atoms with van der Waals surface area (Å²) < 4.78 is 6.21. The van der Waals surface area contributed by atoms with Crippen LogP contribution in [0, 0.1) is 5.92 Å².